The lowest BCUT2D eigenvalue weighted by Gasteiger charge is -2.28. The van der Waals surface area contributed by atoms with Gasteiger partial charge in [0.05, 0.1) is 27.7 Å². The van der Waals surface area contributed by atoms with E-state index in [1.807, 2.05) is 21.1 Å². The Hall–Kier alpha value is -3.59. The van der Waals surface area contributed by atoms with Crippen LogP contribution in [0.15, 0.2) is 122 Å². The molecule has 0 saturated heterocycles. The molecule has 0 amide bonds. The van der Waals surface area contributed by atoms with Crippen LogP contribution in [-0.2, 0) is 32.7 Å². The van der Waals surface area contributed by atoms with Crippen molar-refractivity contribution in [3.63, 3.8) is 0 Å². The highest BCUT2D eigenvalue weighted by atomic mass is 31.2. The molecular formula is C80H140NO8P. The van der Waals surface area contributed by atoms with E-state index in [0.717, 1.165) is 96.3 Å². The van der Waals surface area contributed by atoms with Gasteiger partial charge in [0.15, 0.2) is 6.10 Å². The number of nitrogens with zero attached hydrogens (tertiary/aromatic N) is 1. The lowest BCUT2D eigenvalue weighted by molar-refractivity contribution is -0.870. The fourth-order valence-electron chi connectivity index (χ4n) is 10.3. The van der Waals surface area contributed by atoms with Crippen LogP contribution in [0.2, 0.25) is 0 Å². The molecule has 0 fully saturated rings. The molecule has 518 valence electrons. The maximum absolute atomic E-state index is 12.9. The van der Waals surface area contributed by atoms with Gasteiger partial charge in [0.2, 0.25) is 0 Å². The number of hydrogen-bond donors (Lipinski definition) is 0. The van der Waals surface area contributed by atoms with Gasteiger partial charge < -0.3 is 27.9 Å². The highest BCUT2D eigenvalue weighted by molar-refractivity contribution is 7.45. The number of ether oxygens (including phenoxy) is 2. The average molecular weight is 1270 g/mol. The molecule has 0 N–H and O–H groups in total. The largest absolute Gasteiger partial charge is 0.756 e. The van der Waals surface area contributed by atoms with Crippen LogP contribution < -0.4 is 4.89 Å². The van der Waals surface area contributed by atoms with Gasteiger partial charge in [-0.15, -0.1) is 0 Å². The Morgan fingerprint density at radius 2 is 0.633 bits per heavy atom. The van der Waals surface area contributed by atoms with E-state index in [4.69, 9.17) is 18.5 Å². The maximum atomic E-state index is 12.9. The Labute approximate surface area is 556 Å². The van der Waals surface area contributed by atoms with E-state index in [2.05, 4.69) is 135 Å². The van der Waals surface area contributed by atoms with Crippen molar-refractivity contribution in [1.29, 1.82) is 0 Å². The zero-order valence-electron chi connectivity index (χ0n) is 59.1. The number of rotatable bonds is 68. The molecule has 0 radical (unpaired) electrons. The molecule has 0 spiro atoms. The summed E-state index contributed by atoms with van der Waals surface area (Å²) in [6.07, 6.45) is 100. The van der Waals surface area contributed by atoms with Gasteiger partial charge in [0.25, 0.3) is 7.82 Å². The first-order valence-corrected chi connectivity index (χ1v) is 38.7. The lowest BCUT2D eigenvalue weighted by Crippen LogP contribution is -2.37. The van der Waals surface area contributed by atoms with Crippen LogP contribution in [-0.4, -0.2) is 70.0 Å². The molecule has 0 aliphatic rings. The molecule has 0 saturated carbocycles. The van der Waals surface area contributed by atoms with Crippen LogP contribution in [0, 0.1) is 0 Å². The number of quaternary nitrogens is 1. The molecule has 0 aliphatic carbocycles. The van der Waals surface area contributed by atoms with E-state index in [-0.39, 0.29) is 26.1 Å². The molecule has 2 atom stereocenters. The van der Waals surface area contributed by atoms with Gasteiger partial charge in [-0.2, -0.15) is 0 Å². The number of likely N-dealkylation sites (N-methyl/N-ethyl adjacent to an activating group) is 1. The molecule has 0 aromatic heterocycles. The van der Waals surface area contributed by atoms with Crippen LogP contribution in [0.25, 0.3) is 0 Å². The van der Waals surface area contributed by atoms with Crippen LogP contribution in [0.4, 0.5) is 0 Å². The molecule has 0 rings (SSSR count). The van der Waals surface area contributed by atoms with Crippen LogP contribution in [0.1, 0.15) is 322 Å². The zero-order valence-corrected chi connectivity index (χ0v) is 59.9. The summed E-state index contributed by atoms with van der Waals surface area (Å²) >= 11 is 0. The number of carbonyl (C=O) groups is 2. The number of hydrogen-bond acceptors (Lipinski definition) is 8. The summed E-state index contributed by atoms with van der Waals surface area (Å²) in [5.74, 6) is -0.881. The first-order chi connectivity index (χ1) is 44.0. The van der Waals surface area contributed by atoms with Gasteiger partial charge in [0.1, 0.15) is 19.8 Å². The van der Waals surface area contributed by atoms with Gasteiger partial charge in [0, 0.05) is 12.8 Å². The van der Waals surface area contributed by atoms with Crippen molar-refractivity contribution in [2.24, 2.45) is 0 Å². The van der Waals surface area contributed by atoms with Gasteiger partial charge in [-0.3, -0.25) is 14.2 Å². The minimum Gasteiger partial charge on any atom is -0.756 e. The van der Waals surface area contributed by atoms with Gasteiger partial charge in [-0.1, -0.05) is 341 Å². The summed E-state index contributed by atoms with van der Waals surface area (Å²) in [6, 6.07) is 0. The number of carbonyl (C=O) groups excluding carboxylic acids is 2. The van der Waals surface area contributed by atoms with Crippen molar-refractivity contribution >= 4 is 19.8 Å². The van der Waals surface area contributed by atoms with Gasteiger partial charge in [-0.05, 0) is 89.9 Å². The molecule has 10 heteroatoms. The van der Waals surface area contributed by atoms with Crippen LogP contribution in [0.5, 0.6) is 0 Å². The van der Waals surface area contributed by atoms with Crippen molar-refractivity contribution in [2.45, 2.75) is 328 Å². The second kappa shape index (κ2) is 69.7. The topological polar surface area (TPSA) is 111 Å². The van der Waals surface area contributed by atoms with E-state index in [1.165, 1.54) is 193 Å². The Morgan fingerprint density at radius 1 is 0.356 bits per heavy atom. The van der Waals surface area contributed by atoms with E-state index in [1.54, 1.807) is 0 Å². The Morgan fingerprint density at radius 3 is 0.944 bits per heavy atom. The Bertz CT molecular complexity index is 1940. The molecule has 0 aromatic carbocycles. The summed E-state index contributed by atoms with van der Waals surface area (Å²) in [7, 11) is 1.13. The minimum absolute atomic E-state index is 0.0444. The molecule has 90 heavy (non-hydrogen) atoms. The quantitative estimate of drug-likeness (QED) is 0.0195. The molecule has 2 unspecified atom stereocenters. The second-order valence-electron chi connectivity index (χ2n) is 25.9. The maximum Gasteiger partial charge on any atom is 0.306 e. The van der Waals surface area contributed by atoms with Gasteiger partial charge in [-0.25, -0.2) is 0 Å². The third kappa shape index (κ3) is 73.5. The summed E-state index contributed by atoms with van der Waals surface area (Å²) in [6.45, 7) is 4.11. The predicted octanol–water partition coefficient (Wildman–Crippen LogP) is 24.0. The highest BCUT2D eigenvalue weighted by Gasteiger charge is 2.22. The van der Waals surface area contributed by atoms with Crippen LogP contribution in [0.3, 0.4) is 0 Å². The first-order valence-electron chi connectivity index (χ1n) is 37.2. The third-order valence-electron chi connectivity index (χ3n) is 16.0. The van der Waals surface area contributed by atoms with E-state index in [0.29, 0.717) is 17.4 Å². The molecule has 0 aromatic rings. The van der Waals surface area contributed by atoms with E-state index in [9.17, 15) is 19.0 Å². The first kappa shape index (κ1) is 86.4. The monoisotopic (exact) mass is 1270 g/mol. The number of phosphoric acid groups is 1. The number of unbranched alkanes of at least 4 members (excludes halogenated alkanes) is 34. The Balaban J connectivity index is 4.11. The molecule has 0 heterocycles. The second-order valence-corrected chi connectivity index (χ2v) is 27.3. The SMILES string of the molecule is CC/C=C\C/C=C\C/C=C\C/C=C\C/C=C\C/C=C\C/C=C\C/C=C\C/C=C\C/C=C\CCCCC(=O)OC(COC(=O)CCCCCCCCCCCCCCCCCCCCCCCCCCCCCCCCCCC)COP(=O)([O-])OCC[N+](C)(C)C. The molecule has 0 bridgehead atoms. The van der Waals surface area contributed by atoms with Crippen molar-refractivity contribution in [3.8, 4) is 0 Å². The smallest absolute Gasteiger partial charge is 0.306 e. The molecule has 9 nitrogen and oxygen atoms in total. The summed E-state index contributed by atoms with van der Waals surface area (Å²) in [5.41, 5.74) is 0. The predicted molar refractivity (Wildman–Crippen MR) is 388 cm³/mol. The van der Waals surface area contributed by atoms with E-state index >= 15 is 0 Å². The summed E-state index contributed by atoms with van der Waals surface area (Å²) in [5, 5.41) is 0. The van der Waals surface area contributed by atoms with Crippen molar-refractivity contribution in [1.82, 2.24) is 0 Å². The lowest BCUT2D eigenvalue weighted by atomic mass is 10.0. The molecule has 0 aliphatic heterocycles. The number of esters is 2. The highest BCUT2D eigenvalue weighted by Crippen LogP contribution is 2.38. The fraction of sp³-hybridized carbons (Fsp3) is 0.725. The normalized spacial score (nSPS) is 13.8. The number of phosphoric ester groups is 1. The van der Waals surface area contributed by atoms with Crippen molar-refractivity contribution in [2.75, 3.05) is 47.5 Å². The van der Waals surface area contributed by atoms with Crippen molar-refractivity contribution < 1.29 is 42.1 Å². The summed E-state index contributed by atoms with van der Waals surface area (Å²) in [4.78, 5) is 38.1. The van der Waals surface area contributed by atoms with E-state index < -0.39 is 32.5 Å². The number of allylic oxidation sites excluding steroid dienone is 20. The van der Waals surface area contributed by atoms with Crippen molar-refractivity contribution in [3.05, 3.63) is 122 Å². The Kier molecular flexibility index (Phi) is 67.0. The van der Waals surface area contributed by atoms with Crippen LogP contribution >= 0.6 is 7.82 Å². The van der Waals surface area contributed by atoms with Gasteiger partial charge >= 0.3 is 11.9 Å². The third-order valence-corrected chi connectivity index (χ3v) is 17.0. The summed E-state index contributed by atoms with van der Waals surface area (Å²) < 4.78 is 34.3. The zero-order chi connectivity index (χ0) is 65.5. The average Bonchev–Trinajstić information content (AvgIpc) is 3.58. The minimum atomic E-state index is -4.66. The molecular weight excluding hydrogens is 1130 g/mol. The fourth-order valence-corrected chi connectivity index (χ4v) is 11.1. The standard InChI is InChI=1S/C80H140NO8P/c1-6-8-10-12-14-16-18-20-22-24-26-28-30-32-34-36-38-40-42-44-46-48-50-52-54-56-58-60-62-64-66-68-70-72-79(82)86-76-78(77-88-90(84,85)87-75-74-81(3,4)5)89-80(83)73-71-69-67-65-63-61-59-57-55-53-51-49-47-45-43-41-39-37-35-33-31-29-27-25-23-21-19-17-15-13-11-9-7-2/h9,11,15,17,21,23,27,29,33,35,39,41,45,47,51,53,57,59,63,65,78H,6-8,10,12-14,16,18-20,22,24-26,28,30-32,34,36-38,40,42-44,46,48-50,52,54-56,58,60-62,64,66-77H2,1-5H3/b11-9-,17-15-,23-21-,29-27-,35-33-,41-39-,47-45-,53-51-,59-57-,65-63-.